The predicted octanol–water partition coefficient (Wildman–Crippen LogP) is 6.48. The Morgan fingerprint density at radius 2 is 1.32 bits per heavy atom. The minimum Gasteiger partial charge on any atom is -0.497 e. The van der Waals surface area contributed by atoms with Crippen molar-refractivity contribution in [2.75, 3.05) is 17.7 Å². The lowest BCUT2D eigenvalue weighted by Crippen LogP contribution is -2.05. The number of benzene rings is 3. The lowest BCUT2D eigenvalue weighted by molar-refractivity contribution is 0.415. The number of rotatable bonds is 7. The fraction of sp³-hybridized carbons (Fsp3) is 0.120. The smallest absolute Gasteiger partial charge is 0.118 e. The van der Waals surface area contributed by atoms with Crippen LogP contribution in [0.2, 0.25) is 0 Å². The molecule has 0 saturated heterocycles. The van der Waals surface area contributed by atoms with E-state index in [0.717, 1.165) is 45.2 Å². The maximum absolute atomic E-state index is 5.23. The van der Waals surface area contributed by atoms with Gasteiger partial charge in [-0.1, -0.05) is 55.1 Å². The molecule has 3 heteroatoms. The number of para-hydroxylation sites is 1. The molecule has 0 heterocycles. The molecule has 0 aliphatic rings. The average Bonchev–Trinajstić information content (AvgIpc) is 2.71. The van der Waals surface area contributed by atoms with Gasteiger partial charge in [-0.2, -0.15) is 0 Å². The molecule has 0 fully saturated rings. The minimum absolute atomic E-state index is 0.817. The van der Waals surface area contributed by atoms with Crippen molar-refractivity contribution < 1.29 is 4.74 Å². The second-order valence-electron chi connectivity index (χ2n) is 6.80. The van der Waals surface area contributed by atoms with Gasteiger partial charge in [0.05, 0.1) is 18.5 Å². The normalized spacial score (nSPS) is 10.2. The van der Waals surface area contributed by atoms with E-state index >= 15 is 0 Å². The molecule has 3 nitrogen and oxygen atoms in total. The molecule has 3 aromatic carbocycles. The highest BCUT2D eigenvalue weighted by Gasteiger charge is 2.10. The first-order valence-corrected chi connectivity index (χ1v) is 9.21. The van der Waals surface area contributed by atoms with Crippen LogP contribution in [0.3, 0.4) is 0 Å². The van der Waals surface area contributed by atoms with Gasteiger partial charge in [-0.3, -0.25) is 0 Å². The molecule has 28 heavy (non-hydrogen) atoms. The Balaban J connectivity index is 1.82. The topological polar surface area (TPSA) is 33.3 Å². The summed E-state index contributed by atoms with van der Waals surface area (Å²) < 4.78 is 5.23. The summed E-state index contributed by atoms with van der Waals surface area (Å²) in [6, 6.07) is 22.3. The third-order valence-corrected chi connectivity index (χ3v) is 4.67. The standard InChI is InChI=1S/C25H26N2O/c1-17-9-11-21(12-10-17)20(4)27-25-18(2)7-6-8-24(25)26-19(3)22-13-15-23(28-5)16-14-22/h6-16,26-27H,3-4H2,1-2,5H3. The number of methoxy groups -OCH3 is 1. The zero-order valence-corrected chi connectivity index (χ0v) is 16.7. The highest BCUT2D eigenvalue weighted by molar-refractivity contribution is 5.88. The van der Waals surface area contributed by atoms with Crippen LogP contribution in [0.1, 0.15) is 22.3 Å². The van der Waals surface area contributed by atoms with Crippen molar-refractivity contribution in [2.45, 2.75) is 13.8 Å². The molecular weight excluding hydrogens is 344 g/mol. The molecule has 0 aliphatic carbocycles. The molecule has 0 aliphatic heterocycles. The number of nitrogens with one attached hydrogen (secondary N) is 2. The highest BCUT2D eigenvalue weighted by atomic mass is 16.5. The zero-order chi connectivity index (χ0) is 20.1. The third kappa shape index (κ3) is 4.44. The van der Waals surface area contributed by atoms with Crippen LogP contribution in [-0.4, -0.2) is 7.11 Å². The molecule has 3 rings (SSSR count). The Labute approximate surface area is 167 Å². The van der Waals surface area contributed by atoms with Gasteiger partial charge in [-0.05, 0) is 60.9 Å². The van der Waals surface area contributed by atoms with Gasteiger partial charge >= 0.3 is 0 Å². The van der Waals surface area contributed by atoms with E-state index in [-0.39, 0.29) is 0 Å². The monoisotopic (exact) mass is 370 g/mol. The predicted molar refractivity (Wildman–Crippen MR) is 121 cm³/mol. The first kappa shape index (κ1) is 19.3. The van der Waals surface area contributed by atoms with Crippen LogP contribution in [0, 0.1) is 13.8 Å². The second-order valence-corrected chi connectivity index (χ2v) is 6.80. The van der Waals surface area contributed by atoms with Crippen molar-refractivity contribution >= 4 is 22.8 Å². The summed E-state index contributed by atoms with van der Waals surface area (Å²) in [5, 5.41) is 6.90. The summed E-state index contributed by atoms with van der Waals surface area (Å²) in [5.74, 6) is 0.823. The third-order valence-electron chi connectivity index (χ3n) is 4.67. The summed E-state index contributed by atoms with van der Waals surface area (Å²) in [7, 11) is 1.66. The van der Waals surface area contributed by atoms with E-state index in [0.29, 0.717) is 0 Å². The summed E-state index contributed by atoms with van der Waals surface area (Å²) in [6.45, 7) is 12.6. The molecule has 142 valence electrons. The van der Waals surface area contributed by atoms with E-state index in [1.54, 1.807) is 7.11 Å². The van der Waals surface area contributed by atoms with Crippen LogP contribution in [0.15, 0.2) is 79.9 Å². The SMILES string of the molecule is C=C(Nc1cccc(C)c1NC(=C)c1ccc(C)cc1)c1ccc(OC)cc1. The van der Waals surface area contributed by atoms with Crippen molar-refractivity contribution in [3.05, 3.63) is 102 Å². The molecule has 0 unspecified atom stereocenters. The van der Waals surface area contributed by atoms with Crippen molar-refractivity contribution in [2.24, 2.45) is 0 Å². The van der Waals surface area contributed by atoms with Crippen molar-refractivity contribution in [3.63, 3.8) is 0 Å². The molecule has 0 bridgehead atoms. The van der Waals surface area contributed by atoms with Crippen LogP contribution in [0.5, 0.6) is 5.75 Å². The van der Waals surface area contributed by atoms with E-state index < -0.39 is 0 Å². The molecule has 0 atom stereocenters. The summed E-state index contributed by atoms with van der Waals surface area (Å²) >= 11 is 0. The second kappa shape index (κ2) is 8.49. The van der Waals surface area contributed by atoms with Gasteiger partial charge in [0.2, 0.25) is 0 Å². The number of aryl methyl sites for hydroxylation is 2. The van der Waals surface area contributed by atoms with E-state index in [1.807, 2.05) is 36.4 Å². The lowest BCUT2D eigenvalue weighted by atomic mass is 10.1. The quantitative estimate of drug-likeness (QED) is 0.499. The van der Waals surface area contributed by atoms with Crippen molar-refractivity contribution in [1.82, 2.24) is 0 Å². The number of hydrogen-bond donors (Lipinski definition) is 2. The molecule has 0 radical (unpaired) electrons. The fourth-order valence-electron chi connectivity index (χ4n) is 2.94. The lowest BCUT2D eigenvalue weighted by Gasteiger charge is -2.19. The molecule has 0 amide bonds. The van der Waals surface area contributed by atoms with Gasteiger partial charge in [0, 0.05) is 11.4 Å². The first-order valence-electron chi connectivity index (χ1n) is 9.21. The molecule has 0 saturated carbocycles. The van der Waals surface area contributed by atoms with Gasteiger partial charge in [-0.15, -0.1) is 0 Å². The van der Waals surface area contributed by atoms with Gasteiger partial charge in [0.1, 0.15) is 5.75 Å². The maximum atomic E-state index is 5.23. The van der Waals surface area contributed by atoms with Crippen LogP contribution in [-0.2, 0) is 0 Å². The van der Waals surface area contributed by atoms with Crippen LogP contribution in [0.4, 0.5) is 11.4 Å². The van der Waals surface area contributed by atoms with Gasteiger partial charge in [-0.25, -0.2) is 0 Å². The Hall–Kier alpha value is -3.46. The van der Waals surface area contributed by atoms with E-state index in [4.69, 9.17) is 4.74 Å². The van der Waals surface area contributed by atoms with E-state index in [2.05, 4.69) is 68.0 Å². The Kier molecular flexibility index (Phi) is 5.85. The van der Waals surface area contributed by atoms with Crippen LogP contribution in [0.25, 0.3) is 11.4 Å². The zero-order valence-electron chi connectivity index (χ0n) is 16.7. The summed E-state index contributed by atoms with van der Waals surface area (Å²) in [4.78, 5) is 0. The minimum atomic E-state index is 0.817. The average molecular weight is 370 g/mol. The number of anilines is 2. The Morgan fingerprint density at radius 3 is 1.93 bits per heavy atom. The van der Waals surface area contributed by atoms with Crippen LogP contribution >= 0.6 is 0 Å². The van der Waals surface area contributed by atoms with Crippen molar-refractivity contribution in [3.8, 4) is 5.75 Å². The van der Waals surface area contributed by atoms with Crippen molar-refractivity contribution in [1.29, 1.82) is 0 Å². The van der Waals surface area contributed by atoms with E-state index in [9.17, 15) is 0 Å². The number of hydrogen-bond acceptors (Lipinski definition) is 3. The van der Waals surface area contributed by atoms with Gasteiger partial charge in [0.25, 0.3) is 0 Å². The van der Waals surface area contributed by atoms with Gasteiger partial charge < -0.3 is 15.4 Å². The van der Waals surface area contributed by atoms with Gasteiger partial charge in [0.15, 0.2) is 0 Å². The largest absolute Gasteiger partial charge is 0.497 e. The molecular formula is C25H26N2O. The fourth-order valence-corrected chi connectivity index (χ4v) is 2.94. The molecule has 0 aromatic heterocycles. The molecule has 0 spiro atoms. The number of ether oxygens (including phenoxy) is 1. The summed E-state index contributed by atoms with van der Waals surface area (Å²) in [6.07, 6.45) is 0. The Bertz CT molecular complexity index is 986. The first-order chi connectivity index (χ1) is 13.5. The van der Waals surface area contributed by atoms with E-state index in [1.165, 1.54) is 5.56 Å². The molecule has 3 aromatic rings. The summed E-state index contributed by atoms with van der Waals surface area (Å²) in [5.41, 5.74) is 8.03. The maximum Gasteiger partial charge on any atom is 0.118 e. The highest BCUT2D eigenvalue weighted by Crippen LogP contribution is 2.31. The van der Waals surface area contributed by atoms with Crippen LogP contribution < -0.4 is 15.4 Å². The molecule has 2 N–H and O–H groups in total. The Morgan fingerprint density at radius 1 is 0.750 bits per heavy atom.